The van der Waals surface area contributed by atoms with Crippen LogP contribution in [0.2, 0.25) is 0 Å². The van der Waals surface area contributed by atoms with Gasteiger partial charge in [0.1, 0.15) is 41.0 Å². The van der Waals surface area contributed by atoms with Gasteiger partial charge in [0.25, 0.3) is 0 Å². The third-order valence-corrected chi connectivity index (χ3v) is 12.1. The molecule has 0 aromatic heterocycles. The summed E-state index contributed by atoms with van der Waals surface area (Å²) in [6.07, 6.45) is 1.85. The van der Waals surface area contributed by atoms with Crippen molar-refractivity contribution in [3.63, 3.8) is 0 Å². The lowest BCUT2D eigenvalue weighted by molar-refractivity contribution is -0.364. The molecular formula is C33H48O13S2-2. The van der Waals surface area contributed by atoms with Crippen molar-refractivity contribution in [1.82, 2.24) is 0 Å². The average Bonchev–Trinajstić information content (AvgIpc) is 3.35. The first-order valence-corrected chi connectivity index (χ1v) is 18.7. The van der Waals surface area contributed by atoms with E-state index >= 15 is 0 Å². The maximum atomic E-state index is 12.7. The van der Waals surface area contributed by atoms with Crippen LogP contribution in [0, 0.1) is 28.6 Å². The van der Waals surface area contributed by atoms with Gasteiger partial charge in [-0.15, -0.1) is 8.67 Å². The van der Waals surface area contributed by atoms with Gasteiger partial charge in [-0.3, -0.25) is 4.79 Å². The summed E-state index contributed by atoms with van der Waals surface area (Å²) in [5.41, 5.74) is 4.33. The number of aliphatic hydroxyl groups is 2. The normalized spacial score (nSPS) is 43.2. The highest BCUT2D eigenvalue weighted by atomic mass is 32.2. The molecule has 1 aliphatic heterocycles. The SMILES string of the molecule is CC(C)=CC(=O)CC(C)=C1CCC2C3CC(OC4OC(C)C(OOS(=O)[O-])C(O)C4O)C4CC(OOS(=O)[O-])CCC4(C)C3=CCC12C. The molecule has 0 spiro atoms. The van der Waals surface area contributed by atoms with E-state index in [2.05, 4.69) is 35.5 Å². The van der Waals surface area contributed by atoms with Crippen LogP contribution in [0.3, 0.4) is 0 Å². The average molecular weight is 717 g/mol. The minimum atomic E-state index is -3.00. The Bertz CT molecular complexity index is 1360. The summed E-state index contributed by atoms with van der Waals surface area (Å²) < 4.78 is 65.2. The van der Waals surface area contributed by atoms with Gasteiger partial charge in [-0.25, -0.2) is 18.2 Å². The number of carbonyl (C=O) groups excluding carboxylic acids is 1. The van der Waals surface area contributed by atoms with Gasteiger partial charge < -0.3 is 28.8 Å². The highest BCUT2D eigenvalue weighted by Gasteiger charge is 2.60. The molecule has 0 aromatic carbocycles. The molecule has 15 heteroatoms. The lowest BCUT2D eigenvalue weighted by atomic mass is 9.48. The van der Waals surface area contributed by atoms with Gasteiger partial charge in [0.15, 0.2) is 12.1 Å². The van der Waals surface area contributed by atoms with Crippen LogP contribution in [0.25, 0.3) is 0 Å². The van der Waals surface area contributed by atoms with Crippen molar-refractivity contribution in [1.29, 1.82) is 0 Å². The van der Waals surface area contributed by atoms with Gasteiger partial charge in [0.2, 0.25) is 0 Å². The number of fused-ring (bicyclic) bond motifs is 5. The first-order valence-electron chi connectivity index (χ1n) is 16.7. The van der Waals surface area contributed by atoms with Gasteiger partial charge in [-0.05, 0) is 107 Å². The molecule has 1 heterocycles. The highest BCUT2D eigenvalue weighted by molar-refractivity contribution is 7.74. The molecule has 0 bridgehead atoms. The Morgan fingerprint density at radius 1 is 1.02 bits per heavy atom. The molecule has 3 saturated carbocycles. The van der Waals surface area contributed by atoms with E-state index in [-0.39, 0.29) is 34.4 Å². The summed E-state index contributed by atoms with van der Waals surface area (Å²) in [7, 11) is 0. The fourth-order valence-electron chi connectivity index (χ4n) is 9.60. The molecule has 0 amide bonds. The second-order valence-corrected chi connectivity index (χ2v) is 16.0. The molecule has 4 aliphatic carbocycles. The summed E-state index contributed by atoms with van der Waals surface area (Å²) in [5, 5.41) is 21.9. The van der Waals surface area contributed by atoms with Crippen molar-refractivity contribution in [3.05, 3.63) is 34.4 Å². The fourth-order valence-corrected chi connectivity index (χ4v) is 9.93. The summed E-state index contributed by atoms with van der Waals surface area (Å²) in [5.74, 6) is 0.355. The van der Waals surface area contributed by atoms with E-state index in [4.69, 9.17) is 19.2 Å². The maximum absolute atomic E-state index is 12.7. The molecule has 272 valence electrons. The predicted octanol–water partition coefficient (Wildman–Crippen LogP) is 3.87. The summed E-state index contributed by atoms with van der Waals surface area (Å²) >= 11 is -5.84. The molecule has 14 unspecified atom stereocenters. The van der Waals surface area contributed by atoms with E-state index in [1.165, 1.54) is 11.1 Å². The number of hydrogen-bond donors (Lipinski definition) is 2. The first-order chi connectivity index (χ1) is 22.5. The van der Waals surface area contributed by atoms with E-state index in [0.717, 1.165) is 30.4 Å². The minimum absolute atomic E-state index is 0.104. The first kappa shape index (κ1) is 38.0. The van der Waals surface area contributed by atoms with E-state index in [0.29, 0.717) is 32.1 Å². The Morgan fingerprint density at radius 3 is 2.38 bits per heavy atom. The largest absolute Gasteiger partial charge is 0.748 e. The molecule has 13 nitrogen and oxygen atoms in total. The third-order valence-electron chi connectivity index (χ3n) is 11.7. The number of ether oxygens (including phenoxy) is 2. The van der Waals surface area contributed by atoms with Gasteiger partial charge in [0, 0.05) is 6.42 Å². The van der Waals surface area contributed by atoms with Crippen LogP contribution in [0.4, 0.5) is 0 Å². The Labute approximate surface area is 287 Å². The van der Waals surface area contributed by atoms with Crippen LogP contribution in [0.1, 0.15) is 92.9 Å². The van der Waals surface area contributed by atoms with Crippen molar-refractivity contribution in [2.24, 2.45) is 28.6 Å². The second kappa shape index (κ2) is 15.2. The van der Waals surface area contributed by atoms with Crippen LogP contribution in [-0.2, 0) is 55.4 Å². The monoisotopic (exact) mass is 716 g/mol. The van der Waals surface area contributed by atoms with E-state index in [1.54, 1.807) is 13.0 Å². The van der Waals surface area contributed by atoms with Crippen LogP contribution in [0.5, 0.6) is 0 Å². The molecular weight excluding hydrogens is 668 g/mol. The number of hydrogen-bond acceptors (Lipinski definition) is 13. The van der Waals surface area contributed by atoms with Crippen LogP contribution in [-0.4, -0.2) is 76.4 Å². The Kier molecular flexibility index (Phi) is 12.0. The van der Waals surface area contributed by atoms with Gasteiger partial charge in [0.05, 0.1) is 18.3 Å². The molecule has 0 radical (unpaired) electrons. The second-order valence-electron chi connectivity index (χ2n) is 14.9. The highest BCUT2D eigenvalue weighted by Crippen LogP contribution is 2.66. The van der Waals surface area contributed by atoms with Crippen molar-refractivity contribution in [2.75, 3.05) is 0 Å². The van der Waals surface area contributed by atoms with E-state index in [1.807, 2.05) is 13.8 Å². The van der Waals surface area contributed by atoms with Crippen molar-refractivity contribution in [2.45, 2.75) is 136 Å². The zero-order chi connectivity index (χ0) is 35.1. The number of rotatable bonds is 11. The Hall–Kier alpha value is -1.21. The number of allylic oxidation sites excluding steroid dienone is 6. The third kappa shape index (κ3) is 7.67. The molecule has 2 N–H and O–H groups in total. The molecule has 5 rings (SSSR count). The standard InChI is InChI=1S/C33H50O13S2/c1-17(2)13-20(34)14-18(3)23-7-8-24-22-16-27(42-31-29(36)28(35)30(19(4)41-31)44-46-48(39)40)26-15-21(43-45-47(37)38)9-11-33(26,6)25(22)10-12-32(23,24)5/h10,13,19,21-22,24,26-31,35-36H,7-9,11-12,14-16H2,1-6H3,(H,37,38)(H,39,40)/p-2. The van der Waals surface area contributed by atoms with Gasteiger partial charge >= 0.3 is 0 Å². The van der Waals surface area contributed by atoms with Crippen molar-refractivity contribution in [3.8, 4) is 0 Å². The molecule has 0 aromatic rings. The fraction of sp³-hybridized carbons (Fsp3) is 0.788. The smallest absolute Gasteiger partial charge is 0.186 e. The Morgan fingerprint density at radius 2 is 1.71 bits per heavy atom. The minimum Gasteiger partial charge on any atom is -0.748 e. The molecule has 5 aliphatic rings. The summed E-state index contributed by atoms with van der Waals surface area (Å²) in [4.78, 5) is 22.8. The van der Waals surface area contributed by atoms with Gasteiger partial charge in [-0.1, -0.05) is 42.2 Å². The lowest BCUT2D eigenvalue weighted by Crippen LogP contribution is -2.61. The van der Waals surface area contributed by atoms with E-state index in [9.17, 15) is 32.5 Å². The predicted molar refractivity (Wildman–Crippen MR) is 170 cm³/mol. The summed E-state index contributed by atoms with van der Waals surface area (Å²) in [6, 6.07) is 0. The zero-order valence-electron chi connectivity index (χ0n) is 28.3. The van der Waals surface area contributed by atoms with Crippen molar-refractivity contribution < 1.29 is 60.4 Å². The number of aliphatic hydroxyl groups excluding tert-OH is 2. The van der Waals surface area contributed by atoms with Crippen LogP contribution < -0.4 is 0 Å². The molecule has 14 atom stereocenters. The molecule has 48 heavy (non-hydrogen) atoms. The zero-order valence-corrected chi connectivity index (χ0v) is 29.9. The number of carbonyl (C=O) groups is 1. The van der Waals surface area contributed by atoms with E-state index < -0.39 is 65.6 Å². The molecule has 1 saturated heterocycles. The summed E-state index contributed by atoms with van der Waals surface area (Å²) in [6.45, 7) is 12.0. The quantitative estimate of drug-likeness (QED) is 0.103. The number of ketones is 1. The van der Waals surface area contributed by atoms with Crippen molar-refractivity contribution >= 4 is 28.5 Å². The Balaban J connectivity index is 1.44. The van der Waals surface area contributed by atoms with Crippen LogP contribution >= 0.6 is 0 Å². The topological polar surface area (TPSA) is 193 Å². The molecule has 4 fully saturated rings. The lowest BCUT2D eigenvalue weighted by Gasteiger charge is -2.59. The maximum Gasteiger partial charge on any atom is 0.186 e. The van der Waals surface area contributed by atoms with Crippen LogP contribution in [0.15, 0.2) is 34.4 Å². The van der Waals surface area contributed by atoms with Gasteiger partial charge in [-0.2, -0.15) is 0 Å².